The predicted octanol–water partition coefficient (Wildman–Crippen LogP) is 2.75. The fraction of sp³-hybridized carbons (Fsp3) is 0.333. The van der Waals surface area contributed by atoms with E-state index in [0.29, 0.717) is 0 Å². The lowest BCUT2D eigenvalue weighted by molar-refractivity contribution is 0.239. The van der Waals surface area contributed by atoms with Crippen molar-refractivity contribution in [1.29, 1.82) is 0 Å². The first kappa shape index (κ1) is 14.1. The van der Waals surface area contributed by atoms with Gasteiger partial charge in [-0.25, -0.2) is 0 Å². The molecule has 110 valence electrons. The summed E-state index contributed by atoms with van der Waals surface area (Å²) < 4.78 is 5.19. The third-order valence-corrected chi connectivity index (χ3v) is 4.21. The van der Waals surface area contributed by atoms with Crippen molar-refractivity contribution in [3.8, 4) is 5.75 Å². The molecule has 1 unspecified atom stereocenters. The molecule has 0 saturated carbocycles. The van der Waals surface area contributed by atoms with Gasteiger partial charge in [-0.15, -0.1) is 0 Å². The molecule has 3 heteroatoms. The zero-order chi connectivity index (χ0) is 14.7. The topological polar surface area (TPSA) is 38.5 Å². The summed E-state index contributed by atoms with van der Waals surface area (Å²) in [6.07, 6.45) is 1.12. The summed E-state index contributed by atoms with van der Waals surface area (Å²) in [7, 11) is 1.68. The molecule has 0 saturated heterocycles. The van der Waals surface area contributed by atoms with Gasteiger partial charge in [-0.1, -0.05) is 36.4 Å². The molecule has 2 aromatic carbocycles. The Labute approximate surface area is 126 Å². The Morgan fingerprint density at radius 2 is 1.81 bits per heavy atom. The lowest BCUT2D eigenvalue weighted by Crippen LogP contribution is -2.36. The second-order valence-electron chi connectivity index (χ2n) is 5.63. The van der Waals surface area contributed by atoms with Crippen molar-refractivity contribution in [3.63, 3.8) is 0 Å². The van der Waals surface area contributed by atoms with Crippen molar-refractivity contribution in [1.82, 2.24) is 4.90 Å². The van der Waals surface area contributed by atoms with Gasteiger partial charge in [0.25, 0.3) is 0 Å². The minimum absolute atomic E-state index is 0.0427. The Balaban J connectivity index is 1.64. The van der Waals surface area contributed by atoms with Crippen molar-refractivity contribution in [2.75, 3.05) is 20.2 Å². The van der Waals surface area contributed by atoms with Crippen LogP contribution in [0.4, 0.5) is 0 Å². The summed E-state index contributed by atoms with van der Waals surface area (Å²) in [6.45, 7) is 2.97. The van der Waals surface area contributed by atoms with E-state index in [0.717, 1.165) is 37.4 Å². The molecule has 3 rings (SSSR count). The van der Waals surface area contributed by atoms with Gasteiger partial charge in [0.2, 0.25) is 0 Å². The van der Waals surface area contributed by atoms with Crippen LogP contribution < -0.4 is 10.5 Å². The molecule has 0 fully saturated rings. The molecule has 0 amide bonds. The quantitative estimate of drug-likeness (QED) is 0.937. The Morgan fingerprint density at radius 1 is 1.10 bits per heavy atom. The van der Waals surface area contributed by atoms with Crippen LogP contribution in [-0.4, -0.2) is 25.1 Å². The number of nitrogens with two attached hydrogens (primary N) is 1. The summed E-state index contributed by atoms with van der Waals surface area (Å²) in [5.74, 6) is 0.873. The molecule has 3 nitrogen and oxygen atoms in total. The molecule has 1 aliphatic rings. The van der Waals surface area contributed by atoms with Gasteiger partial charge in [0, 0.05) is 25.7 Å². The molecule has 0 spiro atoms. The lowest BCUT2D eigenvalue weighted by atomic mass is 9.99. The Bertz CT molecular complexity index is 594. The van der Waals surface area contributed by atoms with Gasteiger partial charge < -0.3 is 10.5 Å². The van der Waals surface area contributed by atoms with Crippen molar-refractivity contribution >= 4 is 0 Å². The first-order valence-corrected chi connectivity index (χ1v) is 7.45. The predicted molar refractivity (Wildman–Crippen MR) is 85.3 cm³/mol. The molecular formula is C18H22N2O. The number of rotatable bonds is 4. The summed E-state index contributed by atoms with van der Waals surface area (Å²) in [5, 5.41) is 0. The van der Waals surface area contributed by atoms with E-state index in [2.05, 4.69) is 41.3 Å². The maximum Gasteiger partial charge on any atom is 0.118 e. The molecule has 0 aliphatic carbocycles. The third kappa shape index (κ3) is 3.26. The zero-order valence-corrected chi connectivity index (χ0v) is 12.5. The normalized spacial score (nSPS) is 16.3. The van der Waals surface area contributed by atoms with E-state index in [-0.39, 0.29) is 6.04 Å². The maximum atomic E-state index is 6.35. The van der Waals surface area contributed by atoms with Gasteiger partial charge in [0.05, 0.1) is 7.11 Å². The Hall–Kier alpha value is -1.84. The molecule has 0 bridgehead atoms. The summed E-state index contributed by atoms with van der Waals surface area (Å²) >= 11 is 0. The Morgan fingerprint density at radius 3 is 2.52 bits per heavy atom. The minimum Gasteiger partial charge on any atom is -0.497 e. The summed E-state index contributed by atoms with van der Waals surface area (Å²) in [5.41, 5.74) is 10.4. The van der Waals surface area contributed by atoms with E-state index < -0.39 is 0 Å². The van der Waals surface area contributed by atoms with Gasteiger partial charge >= 0.3 is 0 Å². The van der Waals surface area contributed by atoms with Crippen LogP contribution in [0, 0.1) is 0 Å². The standard InChI is InChI=1S/C18H22N2O/c1-21-17-8-6-15(7-9-17)18(19)13-20-11-10-14-4-2-3-5-16(14)12-20/h2-9,18H,10-13,19H2,1H3. The van der Waals surface area contributed by atoms with Gasteiger partial charge in [0.1, 0.15) is 5.75 Å². The monoisotopic (exact) mass is 282 g/mol. The van der Waals surface area contributed by atoms with Crippen LogP contribution >= 0.6 is 0 Å². The molecule has 21 heavy (non-hydrogen) atoms. The van der Waals surface area contributed by atoms with Crippen molar-refractivity contribution < 1.29 is 4.74 Å². The number of methoxy groups -OCH3 is 1. The van der Waals surface area contributed by atoms with Gasteiger partial charge in [0.15, 0.2) is 0 Å². The van der Waals surface area contributed by atoms with E-state index in [1.165, 1.54) is 11.1 Å². The SMILES string of the molecule is COc1ccc(C(N)CN2CCc3ccccc3C2)cc1. The van der Waals surface area contributed by atoms with Crippen LogP contribution in [-0.2, 0) is 13.0 Å². The highest BCUT2D eigenvalue weighted by Gasteiger charge is 2.18. The second-order valence-corrected chi connectivity index (χ2v) is 5.63. The molecule has 2 N–H and O–H groups in total. The molecule has 2 aromatic rings. The van der Waals surface area contributed by atoms with Gasteiger partial charge in [-0.2, -0.15) is 0 Å². The highest BCUT2D eigenvalue weighted by molar-refractivity contribution is 5.30. The molecule has 1 atom stereocenters. The third-order valence-electron chi connectivity index (χ3n) is 4.21. The molecular weight excluding hydrogens is 260 g/mol. The average molecular weight is 282 g/mol. The van der Waals surface area contributed by atoms with E-state index in [1.54, 1.807) is 7.11 Å². The Kier molecular flexibility index (Phi) is 4.23. The smallest absolute Gasteiger partial charge is 0.118 e. The van der Waals surface area contributed by atoms with Gasteiger partial charge in [-0.05, 0) is 35.2 Å². The summed E-state index contributed by atoms with van der Waals surface area (Å²) in [4.78, 5) is 2.44. The minimum atomic E-state index is 0.0427. The largest absolute Gasteiger partial charge is 0.497 e. The van der Waals surface area contributed by atoms with Crippen molar-refractivity contribution in [2.24, 2.45) is 5.73 Å². The van der Waals surface area contributed by atoms with Crippen LogP contribution in [0.5, 0.6) is 5.75 Å². The van der Waals surface area contributed by atoms with E-state index in [1.807, 2.05) is 12.1 Å². The lowest BCUT2D eigenvalue weighted by Gasteiger charge is -2.30. The molecule has 0 radical (unpaired) electrons. The van der Waals surface area contributed by atoms with Crippen molar-refractivity contribution in [2.45, 2.75) is 19.0 Å². The fourth-order valence-electron chi connectivity index (χ4n) is 2.94. The van der Waals surface area contributed by atoms with Gasteiger partial charge in [-0.3, -0.25) is 4.90 Å². The van der Waals surface area contributed by atoms with E-state index in [4.69, 9.17) is 10.5 Å². The highest BCUT2D eigenvalue weighted by Crippen LogP contribution is 2.22. The van der Waals surface area contributed by atoms with E-state index in [9.17, 15) is 0 Å². The first-order valence-electron chi connectivity index (χ1n) is 7.45. The molecule has 0 aromatic heterocycles. The van der Waals surface area contributed by atoms with Crippen LogP contribution in [0.15, 0.2) is 48.5 Å². The summed E-state index contributed by atoms with van der Waals surface area (Å²) in [6, 6.07) is 16.8. The van der Waals surface area contributed by atoms with Crippen LogP contribution in [0.3, 0.4) is 0 Å². The number of hydrogen-bond acceptors (Lipinski definition) is 3. The van der Waals surface area contributed by atoms with Crippen LogP contribution in [0.1, 0.15) is 22.7 Å². The molecule has 1 heterocycles. The highest BCUT2D eigenvalue weighted by atomic mass is 16.5. The van der Waals surface area contributed by atoms with E-state index >= 15 is 0 Å². The number of nitrogens with zero attached hydrogens (tertiary/aromatic N) is 1. The first-order chi connectivity index (χ1) is 10.3. The van der Waals surface area contributed by atoms with Crippen molar-refractivity contribution in [3.05, 3.63) is 65.2 Å². The number of ether oxygens (including phenoxy) is 1. The zero-order valence-electron chi connectivity index (χ0n) is 12.5. The number of fused-ring (bicyclic) bond motifs is 1. The number of benzene rings is 2. The number of hydrogen-bond donors (Lipinski definition) is 1. The average Bonchev–Trinajstić information content (AvgIpc) is 2.55. The fourth-order valence-corrected chi connectivity index (χ4v) is 2.94. The van der Waals surface area contributed by atoms with Crippen LogP contribution in [0.2, 0.25) is 0 Å². The second kappa shape index (κ2) is 6.29. The van der Waals surface area contributed by atoms with Crippen LogP contribution in [0.25, 0.3) is 0 Å². The maximum absolute atomic E-state index is 6.35. The molecule has 1 aliphatic heterocycles.